The van der Waals surface area contributed by atoms with Crippen molar-refractivity contribution in [2.75, 3.05) is 12.4 Å². The van der Waals surface area contributed by atoms with Gasteiger partial charge >= 0.3 is 5.97 Å². The monoisotopic (exact) mass is 294 g/mol. The topological polar surface area (TPSA) is 86.7 Å². The minimum absolute atomic E-state index is 0.194. The molecule has 0 fully saturated rings. The first kappa shape index (κ1) is 15.0. The van der Waals surface area contributed by atoms with Crippen LogP contribution in [0.1, 0.15) is 29.3 Å². The Morgan fingerprint density at radius 3 is 2.67 bits per heavy atom. The van der Waals surface area contributed by atoms with Gasteiger partial charge in [0, 0.05) is 19.2 Å². The number of anilines is 1. The number of hydrogen-bond acceptors (Lipinski definition) is 3. The van der Waals surface area contributed by atoms with Crippen LogP contribution in [0.3, 0.4) is 0 Å². The molecule has 1 heterocycles. The molecule has 2 N–H and O–H groups in total. The van der Waals surface area contributed by atoms with Crippen molar-refractivity contribution in [3.63, 3.8) is 0 Å². The fraction of sp³-hybridized carbons (Fsp3) is 0.357. The second-order valence-corrected chi connectivity index (χ2v) is 4.97. The molecular weight excluding hydrogens is 279 g/mol. The van der Waals surface area contributed by atoms with Crippen LogP contribution in [-0.4, -0.2) is 40.9 Å². The third kappa shape index (κ3) is 2.86. The van der Waals surface area contributed by atoms with Gasteiger partial charge in [-0.2, -0.15) is 0 Å². The van der Waals surface area contributed by atoms with Crippen LogP contribution in [-0.2, 0) is 16.0 Å². The quantitative estimate of drug-likeness (QED) is 0.878. The van der Waals surface area contributed by atoms with Gasteiger partial charge in [-0.15, -0.1) is 0 Å². The van der Waals surface area contributed by atoms with Crippen molar-refractivity contribution >= 4 is 23.5 Å². The zero-order chi connectivity index (χ0) is 15.7. The van der Waals surface area contributed by atoms with Crippen molar-refractivity contribution in [1.82, 2.24) is 4.90 Å². The minimum Gasteiger partial charge on any atom is -0.480 e. The third-order valence-corrected chi connectivity index (χ3v) is 3.58. The Bertz CT molecular complexity index is 630. The lowest BCUT2D eigenvalue weighted by Crippen LogP contribution is -2.40. The molecule has 7 heteroatoms. The SMILES string of the molecule is CC(C(=O)O)N(C)C(=O)c1cc2c(cc1F)NC(=O)CC2. The highest BCUT2D eigenvalue weighted by atomic mass is 19.1. The molecule has 0 bridgehead atoms. The number of rotatable bonds is 3. The number of aliphatic carboxylic acids is 1. The zero-order valence-electron chi connectivity index (χ0n) is 11.6. The van der Waals surface area contributed by atoms with Gasteiger partial charge in [0.15, 0.2) is 0 Å². The van der Waals surface area contributed by atoms with E-state index >= 15 is 0 Å². The van der Waals surface area contributed by atoms with Crippen molar-refractivity contribution in [1.29, 1.82) is 0 Å². The molecular formula is C14H15FN2O4. The van der Waals surface area contributed by atoms with Gasteiger partial charge in [-0.1, -0.05) is 0 Å². The lowest BCUT2D eigenvalue weighted by atomic mass is 9.99. The Morgan fingerprint density at radius 1 is 1.38 bits per heavy atom. The first-order chi connectivity index (χ1) is 9.81. The minimum atomic E-state index is -1.17. The lowest BCUT2D eigenvalue weighted by molar-refractivity contribution is -0.141. The van der Waals surface area contributed by atoms with Crippen LogP contribution in [0, 0.1) is 5.82 Å². The summed E-state index contributed by atoms with van der Waals surface area (Å²) in [6, 6.07) is 1.41. The number of benzene rings is 1. The number of nitrogens with one attached hydrogen (secondary N) is 1. The van der Waals surface area contributed by atoms with Crippen molar-refractivity contribution in [3.8, 4) is 0 Å². The molecule has 2 amide bonds. The molecule has 21 heavy (non-hydrogen) atoms. The maximum absolute atomic E-state index is 14.0. The van der Waals surface area contributed by atoms with E-state index in [4.69, 9.17) is 5.11 Å². The van der Waals surface area contributed by atoms with E-state index in [1.807, 2.05) is 0 Å². The second-order valence-electron chi connectivity index (χ2n) is 4.97. The molecule has 1 aromatic carbocycles. The summed E-state index contributed by atoms with van der Waals surface area (Å²) in [5.41, 5.74) is 0.825. The van der Waals surface area contributed by atoms with Gasteiger partial charge in [0.25, 0.3) is 5.91 Å². The fourth-order valence-electron chi connectivity index (χ4n) is 2.10. The first-order valence-electron chi connectivity index (χ1n) is 6.43. The van der Waals surface area contributed by atoms with Crippen LogP contribution in [0.4, 0.5) is 10.1 Å². The molecule has 6 nitrogen and oxygen atoms in total. The van der Waals surface area contributed by atoms with Crippen molar-refractivity contribution in [2.24, 2.45) is 0 Å². The summed E-state index contributed by atoms with van der Waals surface area (Å²) in [4.78, 5) is 35.3. The van der Waals surface area contributed by atoms with E-state index in [9.17, 15) is 18.8 Å². The summed E-state index contributed by atoms with van der Waals surface area (Å²) in [5.74, 6) is -2.86. The number of carbonyl (C=O) groups is 3. The summed E-state index contributed by atoms with van der Waals surface area (Å²) in [6.07, 6.45) is 0.688. The highest BCUT2D eigenvalue weighted by molar-refractivity contribution is 5.99. The maximum Gasteiger partial charge on any atom is 0.326 e. The molecule has 0 saturated heterocycles. The largest absolute Gasteiger partial charge is 0.480 e. The molecule has 2 rings (SSSR count). The third-order valence-electron chi connectivity index (χ3n) is 3.58. The van der Waals surface area contributed by atoms with Gasteiger partial charge in [0.05, 0.1) is 5.56 Å². The number of aryl methyl sites for hydroxylation is 1. The van der Waals surface area contributed by atoms with E-state index in [0.717, 1.165) is 11.0 Å². The molecule has 1 unspecified atom stereocenters. The van der Waals surface area contributed by atoms with Crippen LogP contribution in [0.2, 0.25) is 0 Å². The molecule has 0 saturated carbocycles. The number of carboxylic acid groups (broad SMARTS) is 1. The Morgan fingerprint density at radius 2 is 2.05 bits per heavy atom. The number of likely N-dealkylation sites (N-methyl/N-ethyl adjacent to an activating group) is 1. The standard InChI is InChI=1S/C14H15FN2O4/c1-7(14(20)21)17(2)13(19)9-5-8-3-4-12(18)16-11(8)6-10(9)15/h5-7H,3-4H2,1-2H3,(H,16,18)(H,20,21). The number of fused-ring (bicyclic) bond motifs is 1. The van der Waals surface area contributed by atoms with Gasteiger partial charge in [0.1, 0.15) is 11.9 Å². The molecule has 1 aromatic rings. The lowest BCUT2D eigenvalue weighted by Gasteiger charge is -2.23. The van der Waals surface area contributed by atoms with Crippen molar-refractivity contribution < 1.29 is 23.9 Å². The number of carboxylic acids is 1. The predicted octanol–water partition coefficient (Wildman–Crippen LogP) is 1.26. The van der Waals surface area contributed by atoms with E-state index in [2.05, 4.69) is 5.32 Å². The molecule has 0 radical (unpaired) electrons. The number of halogens is 1. The average Bonchev–Trinajstić information content (AvgIpc) is 2.44. The molecule has 1 aliphatic rings. The number of hydrogen-bond donors (Lipinski definition) is 2. The Balaban J connectivity index is 2.34. The number of carbonyl (C=O) groups excluding carboxylic acids is 2. The summed E-state index contributed by atoms with van der Waals surface area (Å²) < 4.78 is 14.0. The van der Waals surface area contributed by atoms with E-state index < -0.39 is 23.7 Å². The summed E-state index contributed by atoms with van der Waals surface area (Å²) >= 11 is 0. The molecule has 112 valence electrons. The summed E-state index contributed by atoms with van der Waals surface area (Å²) in [7, 11) is 1.31. The van der Waals surface area contributed by atoms with Crippen molar-refractivity contribution in [2.45, 2.75) is 25.8 Å². The fourth-order valence-corrected chi connectivity index (χ4v) is 2.10. The van der Waals surface area contributed by atoms with E-state index in [-0.39, 0.29) is 17.9 Å². The molecule has 0 spiro atoms. The van der Waals surface area contributed by atoms with Crippen LogP contribution in [0.25, 0.3) is 0 Å². The Hall–Kier alpha value is -2.44. The maximum atomic E-state index is 14.0. The first-order valence-corrected chi connectivity index (χ1v) is 6.43. The van der Waals surface area contributed by atoms with E-state index in [1.165, 1.54) is 20.0 Å². The highest BCUT2D eigenvalue weighted by Crippen LogP contribution is 2.26. The van der Waals surface area contributed by atoms with Gasteiger partial charge in [0.2, 0.25) is 5.91 Å². The summed E-state index contributed by atoms with van der Waals surface area (Å²) in [5, 5.41) is 11.4. The van der Waals surface area contributed by atoms with Crippen LogP contribution in [0.5, 0.6) is 0 Å². The second kappa shape index (κ2) is 5.51. The van der Waals surface area contributed by atoms with Gasteiger partial charge in [-0.25, -0.2) is 9.18 Å². The smallest absolute Gasteiger partial charge is 0.326 e. The van der Waals surface area contributed by atoms with E-state index in [0.29, 0.717) is 17.7 Å². The van der Waals surface area contributed by atoms with Crippen LogP contribution in [0.15, 0.2) is 12.1 Å². The number of amides is 2. The van der Waals surface area contributed by atoms with Gasteiger partial charge in [-0.3, -0.25) is 9.59 Å². The molecule has 0 aromatic heterocycles. The normalized spacial score (nSPS) is 14.9. The Kier molecular flexibility index (Phi) is 3.93. The van der Waals surface area contributed by atoms with Crippen LogP contribution >= 0.6 is 0 Å². The summed E-state index contributed by atoms with van der Waals surface area (Å²) in [6.45, 7) is 1.34. The molecule has 1 atom stereocenters. The van der Waals surface area contributed by atoms with Gasteiger partial charge < -0.3 is 15.3 Å². The van der Waals surface area contributed by atoms with Crippen molar-refractivity contribution in [3.05, 3.63) is 29.1 Å². The molecule has 0 aliphatic carbocycles. The van der Waals surface area contributed by atoms with E-state index in [1.54, 1.807) is 0 Å². The predicted molar refractivity (Wildman–Crippen MR) is 72.5 cm³/mol. The van der Waals surface area contributed by atoms with Crippen LogP contribution < -0.4 is 5.32 Å². The zero-order valence-corrected chi connectivity index (χ0v) is 11.6. The van der Waals surface area contributed by atoms with Gasteiger partial charge in [-0.05, 0) is 31.0 Å². The Labute approximate surface area is 120 Å². The highest BCUT2D eigenvalue weighted by Gasteiger charge is 2.26. The number of nitrogens with zero attached hydrogens (tertiary/aromatic N) is 1. The molecule has 1 aliphatic heterocycles. The average molecular weight is 294 g/mol.